The highest BCUT2D eigenvalue weighted by Gasteiger charge is 2.48. The van der Waals surface area contributed by atoms with Crippen LogP contribution in [0.1, 0.15) is 67.5 Å². The second kappa shape index (κ2) is 12.9. The van der Waals surface area contributed by atoms with Crippen LogP contribution < -0.4 is 36.9 Å². The van der Waals surface area contributed by atoms with Crippen molar-refractivity contribution in [1.29, 1.82) is 0 Å². The fourth-order valence-electron chi connectivity index (χ4n) is 6.40. The van der Waals surface area contributed by atoms with Crippen molar-refractivity contribution >= 4 is 0 Å². The first kappa shape index (κ1) is 35.2. The van der Waals surface area contributed by atoms with Crippen LogP contribution in [0.3, 0.4) is 0 Å². The van der Waals surface area contributed by atoms with Crippen molar-refractivity contribution in [3.63, 3.8) is 0 Å². The summed E-state index contributed by atoms with van der Waals surface area (Å²) < 4.78 is 79.4. The largest absolute Gasteiger partial charge is 0.850 e. The van der Waals surface area contributed by atoms with Gasteiger partial charge in [0, 0.05) is 25.2 Å². The number of halogens is 6. The van der Waals surface area contributed by atoms with Crippen LogP contribution >= 0.6 is 0 Å². The molecule has 0 amide bonds. The molecule has 1 saturated heterocycles. The molecular formula is C27H36F6N6O6-4. The first-order chi connectivity index (χ1) is 20.8. The van der Waals surface area contributed by atoms with E-state index < -0.39 is 94.3 Å². The zero-order chi connectivity index (χ0) is 33.8. The van der Waals surface area contributed by atoms with Crippen LogP contribution in [0.5, 0.6) is 0 Å². The Bertz CT molecular complexity index is 1420. The van der Waals surface area contributed by atoms with Crippen LogP contribution in [-0.4, -0.2) is 80.6 Å². The van der Waals surface area contributed by atoms with Gasteiger partial charge < -0.3 is 30.6 Å². The fraction of sp³-hybridized carbons (Fsp3) is 0.778. The number of alkyl halides is 6. The Morgan fingerprint density at radius 1 is 0.756 bits per heavy atom. The number of hydrogen-bond donors (Lipinski definition) is 3. The molecule has 2 aromatic rings. The smallest absolute Gasteiger partial charge is 0.433 e. The van der Waals surface area contributed by atoms with Crippen molar-refractivity contribution in [2.45, 2.75) is 93.8 Å². The minimum Gasteiger partial charge on any atom is -0.850 e. The Morgan fingerprint density at radius 2 is 1.16 bits per heavy atom. The van der Waals surface area contributed by atoms with Crippen molar-refractivity contribution in [2.75, 3.05) is 19.6 Å². The highest BCUT2D eigenvalue weighted by molar-refractivity contribution is 5.33. The van der Waals surface area contributed by atoms with Gasteiger partial charge in [-0.2, -0.15) is 26.3 Å². The molecule has 5 rings (SSSR count). The van der Waals surface area contributed by atoms with Gasteiger partial charge in [-0.15, -0.1) is 24.4 Å². The zero-order valence-corrected chi connectivity index (χ0v) is 25.0. The number of aromatic nitrogens is 4. The van der Waals surface area contributed by atoms with Gasteiger partial charge in [-0.05, 0) is 62.3 Å². The van der Waals surface area contributed by atoms with E-state index in [9.17, 15) is 56.4 Å². The summed E-state index contributed by atoms with van der Waals surface area (Å²) in [7, 11) is 2.26. The van der Waals surface area contributed by atoms with Crippen LogP contribution in [0.15, 0.2) is 9.59 Å². The lowest BCUT2D eigenvalue weighted by atomic mass is 9.69. The molecule has 2 aromatic heterocycles. The van der Waals surface area contributed by atoms with Gasteiger partial charge in [-0.3, -0.25) is 29.2 Å². The Labute approximate surface area is 253 Å². The van der Waals surface area contributed by atoms with Crippen LogP contribution in [0.4, 0.5) is 26.3 Å². The van der Waals surface area contributed by atoms with E-state index in [1.54, 1.807) is 4.90 Å². The average Bonchev–Trinajstić information content (AvgIpc) is 3.40. The van der Waals surface area contributed by atoms with E-state index in [1.165, 1.54) is 0 Å². The van der Waals surface area contributed by atoms with Gasteiger partial charge in [0.1, 0.15) is 11.4 Å². The molecule has 4 atom stereocenters. The average molecular weight is 655 g/mol. The molecular weight excluding hydrogens is 618 g/mol. The number of H-pyrrole nitrogens is 2. The van der Waals surface area contributed by atoms with Gasteiger partial charge in [-0.1, -0.05) is 20.3 Å². The second-order valence-corrected chi connectivity index (χ2v) is 12.3. The lowest BCUT2D eigenvalue weighted by Crippen LogP contribution is -2.75. The van der Waals surface area contributed by atoms with Crippen LogP contribution in [-0.2, 0) is 26.4 Å². The molecule has 4 unspecified atom stereocenters. The minimum atomic E-state index is -4.81. The monoisotopic (exact) mass is 654 g/mol. The van der Waals surface area contributed by atoms with Crippen molar-refractivity contribution in [3.05, 3.63) is 43.2 Å². The number of piperidine rings is 1. The Hall–Kier alpha value is -2.64. The summed E-state index contributed by atoms with van der Waals surface area (Å²) in [6.07, 6.45) is -13.0. The third kappa shape index (κ3) is 6.62. The number of likely N-dealkylation sites (tertiary alicyclic amines) is 1. The molecule has 2 saturated carbocycles. The highest BCUT2D eigenvalue weighted by atomic mass is 19.4. The van der Waals surface area contributed by atoms with E-state index >= 15 is 0 Å². The fourth-order valence-corrected chi connectivity index (χ4v) is 6.40. The number of hydrogen-bond acceptors (Lipinski definition) is 8. The predicted octanol–water partition coefficient (Wildman–Crippen LogP) is -1.96. The van der Waals surface area contributed by atoms with Crippen LogP contribution in [0.2, 0.25) is 0 Å². The van der Waals surface area contributed by atoms with Gasteiger partial charge in [0.25, 0.3) is 11.1 Å². The zero-order valence-electron chi connectivity index (χ0n) is 25.0. The normalized spacial score (nSPS) is 30.9. The third-order valence-electron chi connectivity index (χ3n) is 8.77. The molecule has 3 aliphatic rings. The molecule has 256 valence electrons. The van der Waals surface area contributed by atoms with Crippen LogP contribution in [0, 0.1) is 5.92 Å². The maximum absolute atomic E-state index is 13.1. The molecule has 1 aliphatic heterocycles. The first-order valence-corrected chi connectivity index (χ1v) is 14.6. The van der Waals surface area contributed by atoms with Crippen molar-refractivity contribution < 1.29 is 46.8 Å². The van der Waals surface area contributed by atoms with Gasteiger partial charge in [0.05, 0.1) is 0 Å². The topological polar surface area (TPSA) is 183 Å². The third-order valence-corrected chi connectivity index (χ3v) is 8.77. The first-order valence-electron chi connectivity index (χ1n) is 14.6. The lowest BCUT2D eigenvalue weighted by Gasteiger charge is -2.64. The van der Waals surface area contributed by atoms with Gasteiger partial charge in [0.15, 0.2) is 0 Å². The van der Waals surface area contributed by atoms with E-state index in [0.717, 1.165) is 33.4 Å². The second-order valence-electron chi connectivity index (χ2n) is 12.3. The number of rotatable bonds is 6. The standard InChI is InChI=1S/C14H18F3N3O3.C13H18F3N3O3/c1-19-13(23)8(12(18-19)14(15,16)17)7-10(21)9(11(7)22)20-5-3-2-4-6-20;1-5(2)4-17-8-9(20)6(10(8)21)7-11(13(14,15)16)18-19(3)12(7)22/h7,9-11,18H,2-6H2,1H3;5-6,8-10,17-18H,4H2,1-3H3/q2*-2. The quantitative estimate of drug-likeness (QED) is 0.300. The molecule has 2 aliphatic carbocycles. The van der Waals surface area contributed by atoms with Gasteiger partial charge in [0.2, 0.25) is 0 Å². The van der Waals surface area contributed by atoms with E-state index in [-0.39, 0.29) is 5.92 Å². The number of nitrogens with zero attached hydrogens (tertiary/aromatic N) is 3. The summed E-state index contributed by atoms with van der Waals surface area (Å²) in [6.45, 7) is 5.42. The molecule has 0 bridgehead atoms. The van der Waals surface area contributed by atoms with Crippen molar-refractivity contribution in [2.24, 2.45) is 20.0 Å². The molecule has 12 nitrogen and oxygen atoms in total. The maximum atomic E-state index is 13.1. The summed E-state index contributed by atoms with van der Waals surface area (Å²) in [5.74, 6) is -2.72. The molecule has 18 heteroatoms. The molecule has 45 heavy (non-hydrogen) atoms. The van der Waals surface area contributed by atoms with Crippen molar-refractivity contribution in [3.8, 4) is 0 Å². The molecule has 0 spiro atoms. The van der Waals surface area contributed by atoms with Crippen molar-refractivity contribution in [1.82, 2.24) is 29.8 Å². The summed E-state index contributed by atoms with van der Waals surface area (Å²) >= 11 is 0. The Kier molecular flexibility index (Phi) is 10.1. The van der Waals surface area contributed by atoms with E-state index in [2.05, 4.69) is 5.32 Å². The Balaban J connectivity index is 0.000000205. The summed E-state index contributed by atoms with van der Waals surface area (Å²) in [4.78, 5) is 25.6. The molecule has 3 fully saturated rings. The predicted molar refractivity (Wildman–Crippen MR) is 139 cm³/mol. The number of nitrogens with one attached hydrogen (secondary N) is 3. The highest BCUT2D eigenvalue weighted by Crippen LogP contribution is 2.42. The molecule has 3 N–H and O–H groups in total. The van der Waals surface area contributed by atoms with E-state index in [0.29, 0.717) is 29.0 Å². The molecule has 0 radical (unpaired) electrons. The minimum absolute atomic E-state index is 0.198. The summed E-state index contributed by atoms with van der Waals surface area (Å²) in [6, 6.07) is -1.80. The summed E-state index contributed by atoms with van der Waals surface area (Å²) in [5, 5.41) is 55.7. The molecule has 3 heterocycles. The number of aryl methyl sites for hydroxylation is 2. The summed E-state index contributed by atoms with van der Waals surface area (Å²) in [5.41, 5.74) is -5.92. The van der Waals surface area contributed by atoms with Gasteiger partial charge >= 0.3 is 12.4 Å². The molecule has 0 aromatic carbocycles. The SMILES string of the molecule is CC(C)CNC1C([O-])C(c2c(C(F)(F)F)[nH]n(C)c2=O)C1[O-].Cn1[nH]c(C(F)(F)F)c(C2C([O-])C(N3CCCCC3)C2[O-])c1=O. The lowest BCUT2D eigenvalue weighted by molar-refractivity contribution is -0.545. The van der Waals surface area contributed by atoms with Gasteiger partial charge in [-0.25, -0.2) is 0 Å². The van der Waals surface area contributed by atoms with Crippen LogP contribution in [0.25, 0.3) is 0 Å². The maximum Gasteiger partial charge on any atom is 0.433 e. The van der Waals surface area contributed by atoms with E-state index in [4.69, 9.17) is 0 Å². The number of aromatic amines is 2. The Morgan fingerprint density at radius 3 is 1.53 bits per heavy atom. The van der Waals surface area contributed by atoms with E-state index in [1.807, 2.05) is 24.0 Å².